The van der Waals surface area contributed by atoms with E-state index in [1.807, 2.05) is 6.92 Å². The molecule has 130 valence electrons. The maximum absolute atomic E-state index is 12.3. The van der Waals surface area contributed by atoms with Gasteiger partial charge in [-0.1, -0.05) is 13.3 Å². The summed E-state index contributed by atoms with van der Waals surface area (Å²) in [5.74, 6) is -0.544. The topological polar surface area (TPSA) is 84.9 Å². The predicted molar refractivity (Wildman–Crippen MR) is 82.7 cm³/mol. The van der Waals surface area contributed by atoms with Crippen molar-refractivity contribution in [3.63, 3.8) is 0 Å². The highest BCUT2D eigenvalue weighted by Crippen LogP contribution is 2.41. The lowest BCUT2D eigenvalue weighted by atomic mass is 9.78. The van der Waals surface area contributed by atoms with Gasteiger partial charge in [-0.15, -0.1) is 0 Å². The molecule has 7 nitrogen and oxygen atoms in total. The van der Waals surface area contributed by atoms with Crippen molar-refractivity contribution in [1.82, 2.24) is 10.2 Å². The number of piperidine rings is 1. The van der Waals surface area contributed by atoms with E-state index in [1.165, 1.54) is 4.90 Å². The number of carbonyl (C=O) groups is 3. The van der Waals surface area contributed by atoms with Gasteiger partial charge in [-0.25, -0.2) is 9.59 Å². The van der Waals surface area contributed by atoms with Crippen molar-refractivity contribution < 1.29 is 23.9 Å². The van der Waals surface area contributed by atoms with Crippen LogP contribution in [-0.2, 0) is 19.1 Å². The average Bonchev–Trinajstić information content (AvgIpc) is 2.92. The monoisotopic (exact) mass is 326 g/mol. The number of nitrogens with zero attached hydrogens (tertiary/aromatic N) is 1. The molecule has 2 fully saturated rings. The number of rotatable bonds is 5. The largest absolute Gasteiger partial charge is 0.464 e. The molecule has 0 aromatic rings. The van der Waals surface area contributed by atoms with Crippen LogP contribution in [0.3, 0.4) is 0 Å². The van der Waals surface area contributed by atoms with Crippen LogP contribution in [0.5, 0.6) is 0 Å². The summed E-state index contributed by atoms with van der Waals surface area (Å²) in [5, 5.41) is 2.85. The lowest BCUT2D eigenvalue weighted by molar-refractivity contribution is -0.148. The molecule has 7 heteroatoms. The van der Waals surface area contributed by atoms with Crippen molar-refractivity contribution in [2.45, 2.75) is 52.0 Å². The van der Waals surface area contributed by atoms with E-state index in [-0.39, 0.29) is 19.1 Å². The Morgan fingerprint density at radius 1 is 1.35 bits per heavy atom. The molecule has 2 saturated heterocycles. The molecule has 2 amide bonds. The van der Waals surface area contributed by atoms with Gasteiger partial charge in [-0.05, 0) is 32.6 Å². The van der Waals surface area contributed by atoms with Crippen molar-refractivity contribution in [2.24, 2.45) is 5.41 Å². The Hall–Kier alpha value is -1.79. The minimum Gasteiger partial charge on any atom is -0.464 e. The quantitative estimate of drug-likeness (QED) is 0.611. The third kappa shape index (κ3) is 3.76. The van der Waals surface area contributed by atoms with Gasteiger partial charge in [0, 0.05) is 13.1 Å². The molecule has 2 rings (SSSR count). The number of nitrogens with one attached hydrogen (secondary N) is 1. The Morgan fingerprint density at radius 2 is 2.13 bits per heavy atom. The van der Waals surface area contributed by atoms with Gasteiger partial charge < -0.3 is 14.8 Å². The molecule has 2 aliphatic rings. The van der Waals surface area contributed by atoms with Crippen molar-refractivity contribution in [1.29, 1.82) is 0 Å². The summed E-state index contributed by atoms with van der Waals surface area (Å²) in [6, 6.07) is -0.743. The van der Waals surface area contributed by atoms with Crippen molar-refractivity contribution in [2.75, 3.05) is 26.3 Å². The first kappa shape index (κ1) is 17.6. The van der Waals surface area contributed by atoms with Crippen LogP contribution in [0, 0.1) is 5.41 Å². The summed E-state index contributed by atoms with van der Waals surface area (Å²) in [7, 11) is 0. The molecule has 1 spiro atoms. The molecular weight excluding hydrogens is 300 g/mol. The summed E-state index contributed by atoms with van der Waals surface area (Å²) in [6.07, 6.45) is 2.98. The average molecular weight is 326 g/mol. The van der Waals surface area contributed by atoms with Crippen LogP contribution in [-0.4, -0.2) is 55.2 Å². The van der Waals surface area contributed by atoms with Crippen LogP contribution in [0.1, 0.15) is 46.0 Å². The van der Waals surface area contributed by atoms with Gasteiger partial charge in [0.2, 0.25) is 5.91 Å². The zero-order chi connectivity index (χ0) is 16.9. The molecule has 0 unspecified atom stereocenters. The van der Waals surface area contributed by atoms with Gasteiger partial charge in [-0.2, -0.15) is 0 Å². The van der Waals surface area contributed by atoms with Crippen molar-refractivity contribution in [3.8, 4) is 0 Å². The number of hydrogen-bond acceptors (Lipinski definition) is 5. The highest BCUT2D eigenvalue weighted by molar-refractivity contribution is 5.89. The van der Waals surface area contributed by atoms with Crippen molar-refractivity contribution >= 4 is 18.0 Å². The fourth-order valence-corrected chi connectivity index (χ4v) is 3.28. The highest BCUT2D eigenvalue weighted by atomic mass is 16.6. The van der Waals surface area contributed by atoms with Gasteiger partial charge in [-0.3, -0.25) is 9.69 Å². The molecule has 0 aliphatic carbocycles. The zero-order valence-corrected chi connectivity index (χ0v) is 13.9. The smallest absolute Gasteiger partial charge is 0.410 e. The van der Waals surface area contributed by atoms with Crippen LogP contribution < -0.4 is 5.32 Å². The molecule has 2 aliphatic heterocycles. The lowest BCUT2D eigenvalue weighted by Crippen LogP contribution is -2.48. The minimum absolute atomic E-state index is 0.0816. The summed E-state index contributed by atoms with van der Waals surface area (Å²) < 4.78 is 10.3. The number of esters is 1. The molecule has 0 radical (unpaired) electrons. The molecule has 23 heavy (non-hydrogen) atoms. The van der Waals surface area contributed by atoms with Gasteiger partial charge in [0.15, 0.2) is 0 Å². The van der Waals surface area contributed by atoms with E-state index in [4.69, 9.17) is 9.47 Å². The highest BCUT2D eigenvalue weighted by Gasteiger charge is 2.54. The summed E-state index contributed by atoms with van der Waals surface area (Å²) in [5.41, 5.74) is -0.695. The van der Waals surface area contributed by atoms with E-state index in [0.717, 1.165) is 19.3 Å². The third-order valence-electron chi connectivity index (χ3n) is 4.55. The Morgan fingerprint density at radius 3 is 2.78 bits per heavy atom. The second-order valence-electron chi connectivity index (χ2n) is 6.21. The Bertz CT molecular complexity index is 467. The molecule has 2 atom stereocenters. The Kier molecular flexibility index (Phi) is 5.85. The number of amides is 2. The van der Waals surface area contributed by atoms with Crippen LogP contribution >= 0.6 is 0 Å². The van der Waals surface area contributed by atoms with Crippen LogP contribution in [0.15, 0.2) is 0 Å². The molecule has 0 aromatic carbocycles. The molecule has 1 N–H and O–H groups in total. The summed E-state index contributed by atoms with van der Waals surface area (Å²) >= 11 is 0. The molecule has 0 saturated carbocycles. The Labute approximate surface area is 136 Å². The molecular formula is C16H26N2O5. The third-order valence-corrected chi connectivity index (χ3v) is 4.55. The number of likely N-dealkylation sites (tertiary alicyclic amines) is 1. The fourth-order valence-electron chi connectivity index (χ4n) is 3.28. The normalized spacial score (nSPS) is 27.0. The second-order valence-corrected chi connectivity index (χ2v) is 6.21. The summed E-state index contributed by atoms with van der Waals surface area (Å²) in [4.78, 5) is 38.3. The Balaban J connectivity index is 2.13. The first-order chi connectivity index (χ1) is 11.0. The van der Waals surface area contributed by atoms with Gasteiger partial charge >= 0.3 is 12.1 Å². The van der Waals surface area contributed by atoms with Crippen LogP contribution in [0.2, 0.25) is 0 Å². The van der Waals surface area contributed by atoms with E-state index < -0.39 is 23.5 Å². The zero-order valence-electron chi connectivity index (χ0n) is 13.9. The van der Waals surface area contributed by atoms with Gasteiger partial charge in [0.05, 0.1) is 18.6 Å². The fraction of sp³-hybridized carbons (Fsp3) is 0.812. The van der Waals surface area contributed by atoms with Crippen LogP contribution in [0.4, 0.5) is 4.79 Å². The molecule has 0 aromatic heterocycles. The minimum atomic E-state index is -0.743. The van der Waals surface area contributed by atoms with Gasteiger partial charge in [0.1, 0.15) is 6.04 Å². The van der Waals surface area contributed by atoms with E-state index in [2.05, 4.69) is 5.32 Å². The first-order valence-corrected chi connectivity index (χ1v) is 8.42. The lowest BCUT2D eigenvalue weighted by Gasteiger charge is -2.31. The SMILES string of the molecule is CCCCOC(=O)N1C[C@@]2(CCCNC2=O)C[C@H]1C(=O)OCC. The van der Waals surface area contributed by atoms with Crippen LogP contribution in [0.25, 0.3) is 0 Å². The maximum Gasteiger partial charge on any atom is 0.410 e. The number of hydrogen-bond donors (Lipinski definition) is 1. The van der Waals surface area contributed by atoms with Gasteiger partial charge in [0.25, 0.3) is 0 Å². The number of unbranched alkanes of at least 4 members (excludes halogenated alkanes) is 1. The predicted octanol–water partition coefficient (Wildman–Crippen LogP) is 1.46. The van der Waals surface area contributed by atoms with Crippen molar-refractivity contribution in [3.05, 3.63) is 0 Å². The second kappa shape index (κ2) is 7.66. The van der Waals surface area contributed by atoms with E-state index in [1.54, 1.807) is 6.92 Å². The molecule has 0 bridgehead atoms. The number of carbonyl (C=O) groups excluding carboxylic acids is 3. The number of ether oxygens (including phenoxy) is 2. The standard InChI is InChI=1S/C16H26N2O5/c1-3-5-9-23-15(21)18-11-16(7-6-8-17-14(16)20)10-12(18)13(19)22-4-2/h12H,3-11H2,1-2H3,(H,17,20)/t12-,16+/m0/s1. The first-order valence-electron chi connectivity index (χ1n) is 8.42. The van der Waals surface area contributed by atoms with E-state index in [0.29, 0.717) is 26.0 Å². The summed E-state index contributed by atoms with van der Waals surface area (Å²) in [6.45, 7) is 5.15. The molecule has 2 heterocycles. The van der Waals surface area contributed by atoms with E-state index >= 15 is 0 Å². The van der Waals surface area contributed by atoms with E-state index in [9.17, 15) is 14.4 Å². The maximum atomic E-state index is 12.3.